The molecular weight excluding hydrogens is 191 g/mol. The Balaban J connectivity index is 3.06. The maximum Gasteiger partial charge on any atom is 0.343 e. The first-order valence-corrected chi connectivity index (χ1v) is 3.57. The second-order valence-corrected chi connectivity index (χ2v) is 3.46. The van der Waals surface area contributed by atoms with Gasteiger partial charge in [0, 0.05) is 18.8 Å². The Kier molecular flexibility index (Phi) is 1.76. The number of hydrogen-bond donors (Lipinski definition) is 0. The highest BCUT2D eigenvalue weighted by atomic mass is 35.5. The number of carbonyl (C=O) groups excluding carboxylic acids is 2. The molecule has 0 aromatic carbocycles. The van der Waals surface area contributed by atoms with Crippen LogP contribution in [0.3, 0.4) is 0 Å². The molecule has 1 atom stereocenters. The fraction of sp³-hybridized carbons (Fsp3) is 0.600. The fourth-order valence-corrected chi connectivity index (χ4v) is 1.20. The van der Waals surface area contributed by atoms with E-state index in [4.69, 9.17) is 23.4 Å². The van der Waals surface area contributed by atoms with Gasteiger partial charge >= 0.3 is 6.03 Å². The third-order valence-electron chi connectivity index (χ3n) is 1.65. The van der Waals surface area contributed by atoms with Gasteiger partial charge in [0.1, 0.15) is 0 Å². The van der Waals surface area contributed by atoms with E-state index in [0.29, 0.717) is 4.42 Å². The summed E-state index contributed by atoms with van der Waals surface area (Å²) in [6.07, 6.45) is 0. The van der Waals surface area contributed by atoms with E-state index in [0.717, 1.165) is 4.90 Å². The van der Waals surface area contributed by atoms with Gasteiger partial charge in [-0.3, -0.25) is 9.69 Å². The number of halogens is 2. The minimum absolute atomic E-state index is 0.479. The van der Waals surface area contributed by atoms with Crippen LogP contribution in [0.4, 0.5) is 4.79 Å². The molecule has 0 aromatic rings. The second kappa shape index (κ2) is 2.25. The summed E-state index contributed by atoms with van der Waals surface area (Å²) in [4.78, 5) is 21.7. The van der Waals surface area contributed by atoms with Crippen LogP contribution in [0.15, 0.2) is 0 Å². The fourth-order valence-electron chi connectivity index (χ4n) is 0.721. The van der Waals surface area contributed by atoms with Crippen LogP contribution >= 0.6 is 23.4 Å². The molecule has 1 rings (SSSR count). The van der Waals surface area contributed by atoms with Crippen molar-refractivity contribution in [3.8, 4) is 0 Å². The number of amides is 3. The predicted molar refractivity (Wildman–Crippen MR) is 40.1 cm³/mol. The zero-order valence-electron chi connectivity index (χ0n) is 5.97. The van der Waals surface area contributed by atoms with Gasteiger partial charge < -0.3 is 0 Å². The number of urea groups is 1. The van der Waals surface area contributed by atoms with Crippen LogP contribution in [0, 0.1) is 0 Å². The summed E-state index contributed by atoms with van der Waals surface area (Å²) in [5.74, 6) is -0.617. The second-order valence-electron chi connectivity index (χ2n) is 2.38. The number of alkyl halides is 1. The summed E-state index contributed by atoms with van der Waals surface area (Å²) in [5, 5.41) is 0. The quantitative estimate of drug-likeness (QED) is 0.251. The third-order valence-corrected chi connectivity index (χ3v) is 2.37. The largest absolute Gasteiger partial charge is 0.343 e. The highest BCUT2D eigenvalue weighted by Crippen LogP contribution is 2.30. The summed E-state index contributed by atoms with van der Waals surface area (Å²) >= 11 is 11.0. The molecule has 1 unspecified atom stereocenters. The van der Waals surface area contributed by atoms with Crippen molar-refractivity contribution in [2.45, 2.75) is 11.9 Å². The molecule has 1 fully saturated rings. The maximum atomic E-state index is 11.0. The molecule has 3 amide bonds. The van der Waals surface area contributed by atoms with E-state index in [1.807, 2.05) is 0 Å². The van der Waals surface area contributed by atoms with Crippen molar-refractivity contribution in [3.63, 3.8) is 0 Å². The van der Waals surface area contributed by atoms with Crippen molar-refractivity contribution in [2.24, 2.45) is 0 Å². The Hall–Kier alpha value is -0.480. The summed E-state index contributed by atoms with van der Waals surface area (Å²) in [7, 11) is 1.41. The lowest BCUT2D eigenvalue weighted by molar-refractivity contribution is -0.126. The average Bonchev–Trinajstić information content (AvgIpc) is 2.06. The van der Waals surface area contributed by atoms with Gasteiger partial charge in [-0.1, -0.05) is 11.6 Å². The lowest BCUT2D eigenvalue weighted by Crippen LogP contribution is -2.38. The molecule has 4 nitrogen and oxygen atoms in total. The van der Waals surface area contributed by atoms with Crippen molar-refractivity contribution in [1.29, 1.82) is 0 Å². The minimum atomic E-state index is -1.33. The molecule has 1 aliphatic heterocycles. The normalized spacial score (nSPS) is 32.0. The monoisotopic (exact) mass is 196 g/mol. The van der Waals surface area contributed by atoms with Gasteiger partial charge in [0.25, 0.3) is 5.91 Å². The van der Waals surface area contributed by atoms with Crippen LogP contribution in [0.5, 0.6) is 0 Å². The average molecular weight is 197 g/mol. The molecule has 1 saturated heterocycles. The Morgan fingerprint density at radius 3 is 2.00 bits per heavy atom. The van der Waals surface area contributed by atoms with Crippen molar-refractivity contribution >= 4 is 35.3 Å². The molecule has 1 aliphatic rings. The van der Waals surface area contributed by atoms with Crippen LogP contribution in [-0.4, -0.2) is 33.3 Å². The van der Waals surface area contributed by atoms with Crippen molar-refractivity contribution in [2.75, 3.05) is 7.05 Å². The number of nitrogens with zero attached hydrogens (tertiary/aromatic N) is 2. The molecule has 0 spiro atoms. The molecule has 0 aromatic heterocycles. The lowest BCUT2D eigenvalue weighted by atomic mass is 10.3. The molecule has 62 valence electrons. The molecule has 0 N–H and O–H groups in total. The van der Waals surface area contributed by atoms with Gasteiger partial charge in [-0.2, -0.15) is 4.42 Å². The standard InChI is InChI=1S/C5H6Cl2N2O2/c1-5(6)3(10)9(7)4(11)8(5)2/h1-2H3. The molecule has 6 heteroatoms. The molecule has 0 saturated carbocycles. The molecule has 11 heavy (non-hydrogen) atoms. The van der Waals surface area contributed by atoms with Crippen LogP contribution in [0.25, 0.3) is 0 Å². The first kappa shape index (κ1) is 8.62. The zero-order chi connectivity index (χ0) is 8.81. The lowest BCUT2D eigenvalue weighted by Gasteiger charge is -2.19. The SMILES string of the molecule is CN1C(=O)N(Cl)C(=O)C1(C)Cl. The van der Waals surface area contributed by atoms with Gasteiger partial charge in [0.2, 0.25) is 0 Å². The number of imide groups is 1. The molecule has 0 bridgehead atoms. The van der Waals surface area contributed by atoms with Crippen molar-refractivity contribution in [1.82, 2.24) is 9.32 Å². The first-order chi connectivity index (χ1) is 4.89. The molecular formula is C5H6Cl2N2O2. The van der Waals surface area contributed by atoms with E-state index >= 15 is 0 Å². The smallest absolute Gasteiger partial charge is 0.299 e. The number of carbonyl (C=O) groups is 2. The highest BCUT2D eigenvalue weighted by Gasteiger charge is 2.51. The molecule has 0 radical (unpaired) electrons. The molecule has 1 heterocycles. The van der Waals surface area contributed by atoms with Gasteiger partial charge in [-0.15, -0.1) is 0 Å². The zero-order valence-corrected chi connectivity index (χ0v) is 7.48. The van der Waals surface area contributed by atoms with Gasteiger partial charge in [-0.05, 0) is 6.92 Å². The maximum absolute atomic E-state index is 11.0. The Labute approximate surface area is 73.8 Å². The van der Waals surface area contributed by atoms with E-state index in [9.17, 15) is 9.59 Å². The Bertz CT molecular complexity index is 229. The van der Waals surface area contributed by atoms with Crippen LogP contribution in [0.1, 0.15) is 6.92 Å². The van der Waals surface area contributed by atoms with Crippen molar-refractivity contribution < 1.29 is 9.59 Å². The van der Waals surface area contributed by atoms with E-state index in [2.05, 4.69) is 0 Å². The van der Waals surface area contributed by atoms with E-state index in [-0.39, 0.29) is 0 Å². The highest BCUT2D eigenvalue weighted by molar-refractivity contribution is 6.44. The van der Waals surface area contributed by atoms with E-state index in [1.54, 1.807) is 0 Å². The third kappa shape index (κ3) is 0.973. The summed E-state index contributed by atoms with van der Waals surface area (Å²) in [6.45, 7) is 1.41. The number of rotatable bonds is 0. The number of likely N-dealkylation sites (N-methyl/N-ethyl adjacent to an activating group) is 1. The van der Waals surface area contributed by atoms with Gasteiger partial charge in [-0.25, -0.2) is 4.79 Å². The van der Waals surface area contributed by atoms with Gasteiger partial charge in [0.15, 0.2) is 5.00 Å². The van der Waals surface area contributed by atoms with Gasteiger partial charge in [0.05, 0.1) is 0 Å². The van der Waals surface area contributed by atoms with Crippen LogP contribution in [-0.2, 0) is 4.79 Å². The minimum Gasteiger partial charge on any atom is -0.299 e. The van der Waals surface area contributed by atoms with E-state index in [1.165, 1.54) is 14.0 Å². The summed E-state index contributed by atoms with van der Waals surface area (Å²) in [6, 6.07) is -0.603. The van der Waals surface area contributed by atoms with Crippen LogP contribution < -0.4 is 0 Å². The Morgan fingerprint density at radius 2 is 1.91 bits per heavy atom. The predicted octanol–water partition coefficient (Wildman–Crippen LogP) is 0.989. The molecule has 0 aliphatic carbocycles. The Morgan fingerprint density at radius 1 is 1.45 bits per heavy atom. The topological polar surface area (TPSA) is 40.6 Å². The first-order valence-electron chi connectivity index (χ1n) is 2.86. The summed E-state index contributed by atoms with van der Waals surface area (Å²) < 4.78 is 0.479. The van der Waals surface area contributed by atoms with Crippen molar-refractivity contribution in [3.05, 3.63) is 0 Å². The number of hydrogen-bond acceptors (Lipinski definition) is 2. The van der Waals surface area contributed by atoms with Crippen LogP contribution in [0.2, 0.25) is 0 Å². The van der Waals surface area contributed by atoms with E-state index < -0.39 is 16.9 Å². The summed E-state index contributed by atoms with van der Waals surface area (Å²) in [5.41, 5.74) is 0.